The average molecular weight is 322 g/mol. The zero-order chi connectivity index (χ0) is 17.1. The predicted octanol–water partition coefficient (Wildman–Crippen LogP) is 3.31. The number of esters is 1. The lowest BCUT2D eigenvalue weighted by atomic mass is 9.98. The molecule has 0 spiro atoms. The fourth-order valence-electron chi connectivity index (χ4n) is 2.85. The molecule has 1 heterocycles. The maximum Gasteiger partial charge on any atom is 0.308 e. The number of para-hydroxylation sites is 1. The molecule has 0 bridgehead atoms. The monoisotopic (exact) mass is 322 g/mol. The Hall–Kier alpha value is -2.95. The van der Waals surface area contributed by atoms with E-state index in [9.17, 15) is 9.59 Å². The molecule has 0 N–H and O–H groups in total. The SMILES string of the molecule is CC(=O)Oc1ccccc1C1=NN(C(C)=O)[C@@H](c2ccccc2)C1. The first-order valence-corrected chi connectivity index (χ1v) is 7.76. The van der Waals surface area contributed by atoms with Gasteiger partial charge < -0.3 is 4.74 Å². The minimum atomic E-state index is -0.385. The molecular formula is C19H18N2O3. The first-order chi connectivity index (χ1) is 11.6. The molecule has 0 fully saturated rings. The van der Waals surface area contributed by atoms with Gasteiger partial charge in [-0.05, 0) is 17.7 Å². The Morgan fingerprint density at radius 3 is 2.38 bits per heavy atom. The van der Waals surface area contributed by atoms with E-state index in [1.807, 2.05) is 42.5 Å². The van der Waals surface area contributed by atoms with E-state index in [1.54, 1.807) is 12.1 Å². The van der Waals surface area contributed by atoms with E-state index in [0.29, 0.717) is 12.2 Å². The Kier molecular flexibility index (Phi) is 4.42. The van der Waals surface area contributed by atoms with Gasteiger partial charge in [0.15, 0.2) is 0 Å². The van der Waals surface area contributed by atoms with Gasteiger partial charge in [0.05, 0.1) is 11.8 Å². The van der Waals surface area contributed by atoms with E-state index in [-0.39, 0.29) is 17.9 Å². The second kappa shape index (κ2) is 6.66. The molecule has 5 nitrogen and oxygen atoms in total. The highest BCUT2D eigenvalue weighted by Gasteiger charge is 2.32. The molecule has 0 aliphatic carbocycles. The first kappa shape index (κ1) is 15.9. The first-order valence-electron chi connectivity index (χ1n) is 7.76. The van der Waals surface area contributed by atoms with Crippen LogP contribution in [0.1, 0.15) is 37.4 Å². The van der Waals surface area contributed by atoms with Crippen molar-refractivity contribution in [2.45, 2.75) is 26.3 Å². The van der Waals surface area contributed by atoms with Crippen LogP contribution in [0.4, 0.5) is 0 Å². The van der Waals surface area contributed by atoms with Crippen LogP contribution >= 0.6 is 0 Å². The van der Waals surface area contributed by atoms with Crippen LogP contribution in [0.3, 0.4) is 0 Å². The summed E-state index contributed by atoms with van der Waals surface area (Å²) in [6.45, 7) is 2.86. The summed E-state index contributed by atoms with van der Waals surface area (Å²) >= 11 is 0. The zero-order valence-corrected chi connectivity index (χ0v) is 13.6. The molecule has 24 heavy (non-hydrogen) atoms. The molecule has 0 saturated carbocycles. The van der Waals surface area contributed by atoms with Crippen LogP contribution in [-0.4, -0.2) is 22.6 Å². The van der Waals surface area contributed by atoms with Gasteiger partial charge in [0.25, 0.3) is 0 Å². The number of carbonyl (C=O) groups is 2. The van der Waals surface area contributed by atoms with Gasteiger partial charge in [0.2, 0.25) is 5.91 Å². The number of hydrogen-bond acceptors (Lipinski definition) is 4. The Bertz CT molecular complexity index is 799. The van der Waals surface area contributed by atoms with Gasteiger partial charge in [-0.25, -0.2) is 5.01 Å². The minimum absolute atomic E-state index is 0.121. The fourth-order valence-corrected chi connectivity index (χ4v) is 2.85. The molecule has 2 aromatic carbocycles. The van der Waals surface area contributed by atoms with Gasteiger partial charge in [-0.2, -0.15) is 5.10 Å². The predicted molar refractivity (Wildman–Crippen MR) is 90.6 cm³/mol. The maximum absolute atomic E-state index is 12.0. The van der Waals surface area contributed by atoms with Crippen LogP contribution in [0.5, 0.6) is 5.75 Å². The summed E-state index contributed by atoms with van der Waals surface area (Å²) in [7, 11) is 0. The van der Waals surface area contributed by atoms with Crippen molar-refractivity contribution in [3.63, 3.8) is 0 Å². The number of carbonyl (C=O) groups excluding carboxylic acids is 2. The van der Waals surface area contributed by atoms with Crippen molar-refractivity contribution in [1.29, 1.82) is 0 Å². The van der Waals surface area contributed by atoms with Crippen molar-refractivity contribution in [3.05, 3.63) is 65.7 Å². The molecule has 3 rings (SSSR count). The third-order valence-electron chi connectivity index (χ3n) is 3.87. The highest BCUT2D eigenvalue weighted by atomic mass is 16.5. The molecule has 1 aliphatic heterocycles. The molecule has 0 saturated heterocycles. The summed E-state index contributed by atoms with van der Waals surface area (Å²) in [5.74, 6) is -0.0473. The van der Waals surface area contributed by atoms with E-state index in [2.05, 4.69) is 5.10 Å². The number of rotatable bonds is 3. The van der Waals surface area contributed by atoms with Crippen molar-refractivity contribution in [1.82, 2.24) is 5.01 Å². The Morgan fingerprint density at radius 1 is 1.04 bits per heavy atom. The number of nitrogens with zero attached hydrogens (tertiary/aromatic N) is 2. The average Bonchev–Trinajstić information content (AvgIpc) is 3.01. The Morgan fingerprint density at radius 2 is 1.71 bits per heavy atom. The molecule has 1 amide bonds. The van der Waals surface area contributed by atoms with Crippen molar-refractivity contribution < 1.29 is 14.3 Å². The van der Waals surface area contributed by atoms with Crippen molar-refractivity contribution in [2.75, 3.05) is 0 Å². The third kappa shape index (κ3) is 3.20. The number of amides is 1. The number of benzene rings is 2. The Balaban J connectivity index is 1.97. The Labute approximate surface area is 140 Å². The summed E-state index contributed by atoms with van der Waals surface area (Å²) < 4.78 is 5.27. The maximum atomic E-state index is 12.0. The molecule has 1 aliphatic rings. The second-order valence-corrected chi connectivity index (χ2v) is 5.63. The summed E-state index contributed by atoms with van der Waals surface area (Å²) in [6.07, 6.45) is 0.571. The topological polar surface area (TPSA) is 59.0 Å². The van der Waals surface area contributed by atoms with E-state index in [1.165, 1.54) is 18.9 Å². The van der Waals surface area contributed by atoms with Gasteiger partial charge in [-0.3, -0.25) is 9.59 Å². The highest BCUT2D eigenvalue weighted by Crippen LogP contribution is 2.34. The third-order valence-corrected chi connectivity index (χ3v) is 3.87. The standard InChI is InChI=1S/C19H18N2O3/c1-13(22)21-18(15-8-4-3-5-9-15)12-17(20-21)16-10-6-7-11-19(16)24-14(2)23/h3-11,18H,12H2,1-2H3/t18-/m1/s1. The van der Waals surface area contributed by atoms with Crippen LogP contribution in [0.15, 0.2) is 59.7 Å². The van der Waals surface area contributed by atoms with Crippen LogP contribution in [0, 0.1) is 0 Å². The smallest absolute Gasteiger partial charge is 0.308 e. The van der Waals surface area contributed by atoms with E-state index >= 15 is 0 Å². The molecule has 0 radical (unpaired) electrons. The summed E-state index contributed by atoms with van der Waals surface area (Å²) in [4.78, 5) is 23.3. The van der Waals surface area contributed by atoms with Crippen molar-refractivity contribution >= 4 is 17.6 Å². The molecule has 122 valence electrons. The summed E-state index contributed by atoms with van der Waals surface area (Å²) in [6, 6.07) is 16.9. The fraction of sp³-hybridized carbons (Fsp3) is 0.211. The van der Waals surface area contributed by atoms with E-state index in [4.69, 9.17) is 4.74 Å². The molecule has 1 atom stereocenters. The minimum Gasteiger partial charge on any atom is -0.426 e. The largest absolute Gasteiger partial charge is 0.426 e. The van der Waals surface area contributed by atoms with E-state index < -0.39 is 0 Å². The quantitative estimate of drug-likeness (QED) is 0.643. The lowest BCUT2D eigenvalue weighted by molar-refractivity contribution is -0.132. The van der Waals surface area contributed by atoms with Crippen molar-refractivity contribution in [3.8, 4) is 5.75 Å². The number of hydrazone groups is 1. The van der Waals surface area contributed by atoms with Crippen LogP contribution < -0.4 is 4.74 Å². The molecule has 5 heteroatoms. The molecule has 2 aromatic rings. The lowest BCUT2D eigenvalue weighted by Gasteiger charge is -2.20. The van der Waals surface area contributed by atoms with Gasteiger partial charge in [-0.15, -0.1) is 0 Å². The second-order valence-electron chi connectivity index (χ2n) is 5.63. The molecule has 0 aromatic heterocycles. The normalized spacial score (nSPS) is 16.7. The summed E-state index contributed by atoms with van der Waals surface area (Å²) in [5.41, 5.74) is 2.49. The highest BCUT2D eigenvalue weighted by molar-refractivity contribution is 6.05. The van der Waals surface area contributed by atoms with Crippen LogP contribution in [0.25, 0.3) is 0 Å². The van der Waals surface area contributed by atoms with E-state index in [0.717, 1.165) is 16.8 Å². The van der Waals surface area contributed by atoms with Gasteiger partial charge in [-0.1, -0.05) is 42.5 Å². The number of ether oxygens (including phenoxy) is 1. The molecular weight excluding hydrogens is 304 g/mol. The van der Waals surface area contributed by atoms with Crippen LogP contribution in [-0.2, 0) is 9.59 Å². The zero-order valence-electron chi connectivity index (χ0n) is 13.6. The summed E-state index contributed by atoms with van der Waals surface area (Å²) in [5, 5.41) is 5.99. The van der Waals surface area contributed by atoms with Crippen LogP contribution in [0.2, 0.25) is 0 Å². The lowest BCUT2D eigenvalue weighted by Crippen LogP contribution is -2.24. The van der Waals surface area contributed by atoms with Crippen molar-refractivity contribution in [2.24, 2.45) is 5.10 Å². The van der Waals surface area contributed by atoms with Gasteiger partial charge >= 0.3 is 5.97 Å². The van der Waals surface area contributed by atoms with Gasteiger partial charge in [0, 0.05) is 25.8 Å². The molecule has 0 unspecified atom stereocenters. The van der Waals surface area contributed by atoms with Gasteiger partial charge in [0.1, 0.15) is 5.75 Å². The number of hydrogen-bond donors (Lipinski definition) is 0.